The summed E-state index contributed by atoms with van der Waals surface area (Å²) in [6, 6.07) is -0.662. The molecule has 0 spiro atoms. The van der Waals surface area contributed by atoms with Gasteiger partial charge >= 0.3 is 5.97 Å². The molecule has 6 heteroatoms. The minimum absolute atomic E-state index is 0.113. The first-order valence-corrected chi connectivity index (χ1v) is 8.88. The van der Waals surface area contributed by atoms with Gasteiger partial charge in [-0.1, -0.05) is 0 Å². The number of hydrogen-bond donors (Lipinski definition) is 3. The summed E-state index contributed by atoms with van der Waals surface area (Å²) in [6.45, 7) is 0.735. The molecule has 4 saturated carbocycles. The first-order chi connectivity index (χ1) is 10.9. The Morgan fingerprint density at radius 2 is 1.87 bits per heavy atom. The van der Waals surface area contributed by atoms with Gasteiger partial charge in [0.25, 0.3) is 0 Å². The normalized spacial score (nSPS) is 44.7. The van der Waals surface area contributed by atoms with Gasteiger partial charge in [-0.3, -0.25) is 4.79 Å². The Morgan fingerprint density at radius 1 is 1.17 bits per heavy atom. The van der Waals surface area contributed by atoms with E-state index in [0.717, 1.165) is 38.5 Å². The number of likely N-dealkylation sites (tertiary alicyclic amines) is 1. The van der Waals surface area contributed by atoms with E-state index in [0.29, 0.717) is 24.8 Å². The molecule has 0 radical (unpaired) electrons. The van der Waals surface area contributed by atoms with Crippen LogP contribution in [0, 0.1) is 11.8 Å². The lowest BCUT2D eigenvalue weighted by molar-refractivity contribution is -0.151. The van der Waals surface area contributed by atoms with E-state index in [9.17, 15) is 19.8 Å². The fourth-order valence-electron chi connectivity index (χ4n) is 6.11. The number of carboxylic acids is 1. The van der Waals surface area contributed by atoms with Crippen molar-refractivity contribution in [3.05, 3.63) is 0 Å². The molecule has 5 atom stereocenters. The quantitative estimate of drug-likeness (QED) is 0.710. The van der Waals surface area contributed by atoms with E-state index < -0.39 is 17.6 Å². The second kappa shape index (κ2) is 5.18. The number of hydrogen-bond acceptors (Lipinski definition) is 4. The van der Waals surface area contributed by atoms with Crippen LogP contribution in [0.3, 0.4) is 0 Å². The van der Waals surface area contributed by atoms with Crippen LogP contribution in [0.4, 0.5) is 0 Å². The van der Waals surface area contributed by atoms with Gasteiger partial charge in [-0.25, -0.2) is 4.79 Å². The molecule has 1 aliphatic heterocycles. The molecule has 1 amide bonds. The summed E-state index contributed by atoms with van der Waals surface area (Å²) in [5.74, 6) is 0.127. The average molecular weight is 322 g/mol. The van der Waals surface area contributed by atoms with Crippen LogP contribution in [0.1, 0.15) is 51.4 Å². The topological polar surface area (TPSA) is 89.9 Å². The van der Waals surface area contributed by atoms with Crippen LogP contribution in [0.5, 0.6) is 0 Å². The van der Waals surface area contributed by atoms with Gasteiger partial charge in [-0.15, -0.1) is 0 Å². The van der Waals surface area contributed by atoms with Gasteiger partial charge in [0.15, 0.2) is 0 Å². The monoisotopic (exact) mass is 322 g/mol. The maximum atomic E-state index is 12.5. The minimum atomic E-state index is -0.903. The SMILES string of the molecule is O=C(O)C1CCCN1C(=O)CNC12C[C@@H]3C[C@@H](CC(O)(C3)C1)C2. The summed E-state index contributed by atoms with van der Waals surface area (Å²) in [5.41, 5.74) is -0.662. The van der Waals surface area contributed by atoms with E-state index in [1.165, 1.54) is 11.3 Å². The van der Waals surface area contributed by atoms with E-state index in [-0.39, 0.29) is 18.0 Å². The van der Waals surface area contributed by atoms with E-state index in [2.05, 4.69) is 5.32 Å². The Labute approximate surface area is 136 Å². The predicted octanol–water partition coefficient (Wildman–Crippen LogP) is 0.735. The molecule has 4 aliphatic carbocycles. The number of carbonyl (C=O) groups is 2. The molecule has 4 bridgehead atoms. The van der Waals surface area contributed by atoms with Crippen LogP contribution >= 0.6 is 0 Å². The second-order valence-electron chi connectivity index (χ2n) is 8.40. The summed E-state index contributed by atoms with van der Waals surface area (Å²) >= 11 is 0. The number of carbonyl (C=O) groups excluding carboxylic acids is 1. The van der Waals surface area contributed by atoms with Crippen LogP contribution in [-0.4, -0.2) is 57.3 Å². The number of nitrogens with one attached hydrogen (secondary N) is 1. The summed E-state index contributed by atoms with van der Waals surface area (Å²) < 4.78 is 0. The number of nitrogens with zero attached hydrogens (tertiary/aromatic N) is 1. The van der Waals surface area contributed by atoms with Gasteiger partial charge in [-0.05, 0) is 63.2 Å². The Hall–Kier alpha value is -1.14. The van der Waals surface area contributed by atoms with Gasteiger partial charge in [0.05, 0.1) is 12.1 Å². The molecule has 23 heavy (non-hydrogen) atoms. The van der Waals surface area contributed by atoms with Crippen LogP contribution in [-0.2, 0) is 9.59 Å². The van der Waals surface area contributed by atoms with Crippen molar-refractivity contribution in [2.24, 2.45) is 11.8 Å². The van der Waals surface area contributed by atoms with Crippen molar-refractivity contribution >= 4 is 11.9 Å². The van der Waals surface area contributed by atoms with E-state index in [1.54, 1.807) is 0 Å². The highest BCUT2D eigenvalue weighted by atomic mass is 16.4. The zero-order chi connectivity index (χ0) is 16.2. The van der Waals surface area contributed by atoms with Crippen LogP contribution in [0.15, 0.2) is 0 Å². The first-order valence-electron chi connectivity index (χ1n) is 8.88. The summed E-state index contributed by atoms with van der Waals surface area (Å²) in [7, 11) is 0. The highest BCUT2D eigenvalue weighted by molar-refractivity contribution is 5.85. The van der Waals surface area contributed by atoms with Crippen molar-refractivity contribution in [1.82, 2.24) is 10.2 Å². The maximum Gasteiger partial charge on any atom is 0.326 e. The Morgan fingerprint density at radius 3 is 2.48 bits per heavy atom. The second-order valence-corrected chi connectivity index (χ2v) is 8.40. The molecule has 6 nitrogen and oxygen atoms in total. The molecule has 0 aromatic carbocycles. The molecule has 5 fully saturated rings. The lowest BCUT2D eigenvalue weighted by Gasteiger charge is -2.60. The summed E-state index contributed by atoms with van der Waals surface area (Å²) in [6.07, 6.45) is 7.18. The fourth-order valence-corrected chi connectivity index (χ4v) is 6.11. The van der Waals surface area contributed by atoms with E-state index in [1.807, 2.05) is 0 Å². The lowest BCUT2D eigenvalue weighted by atomic mass is 9.51. The van der Waals surface area contributed by atoms with Crippen molar-refractivity contribution in [2.75, 3.05) is 13.1 Å². The molecule has 0 aromatic heterocycles. The molecule has 1 heterocycles. The Kier molecular flexibility index (Phi) is 3.47. The molecule has 128 valence electrons. The lowest BCUT2D eigenvalue weighted by Crippen LogP contribution is -2.65. The smallest absolute Gasteiger partial charge is 0.326 e. The van der Waals surface area contributed by atoms with Crippen LogP contribution in [0.25, 0.3) is 0 Å². The molecule has 0 aromatic rings. The average Bonchev–Trinajstić information content (AvgIpc) is 2.91. The van der Waals surface area contributed by atoms with Gasteiger partial charge in [0.2, 0.25) is 5.91 Å². The molecular formula is C17H26N2O4. The zero-order valence-electron chi connectivity index (χ0n) is 13.5. The van der Waals surface area contributed by atoms with Crippen LogP contribution in [0.2, 0.25) is 0 Å². The molecule has 5 rings (SSSR count). The number of aliphatic hydroxyl groups is 1. The highest BCUT2D eigenvalue weighted by Gasteiger charge is 2.57. The van der Waals surface area contributed by atoms with Crippen molar-refractivity contribution in [2.45, 2.75) is 68.5 Å². The van der Waals surface area contributed by atoms with E-state index in [4.69, 9.17) is 0 Å². The molecule has 5 aliphatic rings. The number of aliphatic carboxylic acids is 1. The molecule has 3 N–H and O–H groups in total. The maximum absolute atomic E-state index is 12.5. The largest absolute Gasteiger partial charge is 0.480 e. The Bertz CT molecular complexity index is 521. The van der Waals surface area contributed by atoms with Crippen molar-refractivity contribution < 1.29 is 19.8 Å². The Balaban J connectivity index is 1.41. The number of carboxylic acid groups (broad SMARTS) is 1. The number of rotatable bonds is 4. The third-order valence-corrected chi connectivity index (χ3v) is 6.50. The van der Waals surface area contributed by atoms with Gasteiger partial charge in [0, 0.05) is 12.1 Å². The van der Waals surface area contributed by atoms with Crippen molar-refractivity contribution in [1.29, 1.82) is 0 Å². The fraction of sp³-hybridized carbons (Fsp3) is 0.882. The van der Waals surface area contributed by atoms with Crippen molar-refractivity contribution in [3.8, 4) is 0 Å². The zero-order valence-corrected chi connectivity index (χ0v) is 13.5. The molecule has 3 unspecified atom stereocenters. The molecule has 1 saturated heterocycles. The van der Waals surface area contributed by atoms with Gasteiger partial charge in [0.1, 0.15) is 6.04 Å². The van der Waals surface area contributed by atoms with Crippen molar-refractivity contribution in [3.63, 3.8) is 0 Å². The standard InChI is InChI=1S/C17H26N2O4/c20-14(19-3-1-2-13(19)15(21)22)9-18-16-5-11-4-12(6-16)8-17(23,7-11)10-16/h11-13,18,23H,1-10H2,(H,21,22)/t11-,12+,13?,16?,17?. The third-order valence-electron chi connectivity index (χ3n) is 6.50. The van der Waals surface area contributed by atoms with E-state index >= 15 is 0 Å². The van der Waals surface area contributed by atoms with Gasteiger partial charge < -0.3 is 20.4 Å². The highest BCUT2D eigenvalue weighted by Crippen LogP contribution is 2.57. The molecular weight excluding hydrogens is 296 g/mol. The van der Waals surface area contributed by atoms with Gasteiger partial charge in [-0.2, -0.15) is 0 Å². The number of amides is 1. The third kappa shape index (κ3) is 2.66. The minimum Gasteiger partial charge on any atom is -0.480 e. The van der Waals surface area contributed by atoms with Crippen LogP contribution < -0.4 is 5.32 Å². The predicted molar refractivity (Wildman–Crippen MR) is 82.7 cm³/mol. The summed E-state index contributed by atoms with van der Waals surface area (Å²) in [5, 5.41) is 23.4. The summed E-state index contributed by atoms with van der Waals surface area (Å²) in [4.78, 5) is 25.2. The first kappa shape index (κ1) is 15.4.